The summed E-state index contributed by atoms with van der Waals surface area (Å²) >= 11 is 12.3. The summed E-state index contributed by atoms with van der Waals surface area (Å²) in [6, 6.07) is 16.3. The molecule has 8 nitrogen and oxygen atoms in total. The zero-order valence-electron chi connectivity index (χ0n) is 22.7. The Morgan fingerprint density at radius 3 is 2.30 bits per heavy atom. The number of halogens is 2. The van der Waals surface area contributed by atoms with Crippen LogP contribution in [0, 0.1) is 0 Å². The van der Waals surface area contributed by atoms with E-state index in [1.165, 1.54) is 0 Å². The second-order valence-corrected chi connectivity index (χ2v) is 11.5. The van der Waals surface area contributed by atoms with Crippen LogP contribution in [0.2, 0.25) is 10.0 Å². The van der Waals surface area contributed by atoms with Crippen molar-refractivity contribution in [1.29, 1.82) is 0 Å². The molecule has 5 rings (SSSR count). The highest BCUT2D eigenvalue weighted by Gasteiger charge is 2.52. The maximum atomic E-state index is 14.1. The van der Waals surface area contributed by atoms with E-state index in [1.807, 2.05) is 24.3 Å². The zero-order chi connectivity index (χ0) is 28.5. The molecule has 0 radical (unpaired) electrons. The molecular weight excluding hydrogens is 551 g/mol. The summed E-state index contributed by atoms with van der Waals surface area (Å²) in [5.41, 5.74) is 0.824. The minimum Gasteiger partial charge on any atom is -0.395 e. The number of aliphatic hydroxyl groups is 2. The van der Waals surface area contributed by atoms with E-state index in [4.69, 9.17) is 27.9 Å². The molecule has 2 atom stereocenters. The second-order valence-electron chi connectivity index (χ2n) is 10.6. The van der Waals surface area contributed by atoms with Gasteiger partial charge >= 0.3 is 0 Å². The first kappa shape index (κ1) is 29.0. The van der Waals surface area contributed by atoms with Crippen molar-refractivity contribution in [2.24, 2.45) is 0 Å². The molecule has 2 aromatic carbocycles. The van der Waals surface area contributed by atoms with Gasteiger partial charge in [0.25, 0.3) is 5.91 Å². The van der Waals surface area contributed by atoms with Crippen LogP contribution < -0.4 is 0 Å². The predicted molar refractivity (Wildman–Crippen MR) is 154 cm³/mol. The number of ether oxygens (including phenoxy) is 1. The van der Waals surface area contributed by atoms with Crippen molar-refractivity contribution in [3.8, 4) is 0 Å². The summed E-state index contributed by atoms with van der Waals surface area (Å²) in [5.74, 6) is -0.223. The van der Waals surface area contributed by atoms with E-state index in [2.05, 4.69) is 14.8 Å². The quantitative estimate of drug-likeness (QED) is 0.396. The lowest BCUT2D eigenvalue weighted by molar-refractivity contribution is -0.0868. The molecule has 1 unspecified atom stereocenters. The van der Waals surface area contributed by atoms with Gasteiger partial charge in [-0.2, -0.15) is 0 Å². The number of benzene rings is 2. The highest BCUT2D eigenvalue weighted by atomic mass is 35.5. The number of aliphatic hydroxyl groups excluding tert-OH is 1. The Bertz CT molecular complexity index is 1340. The number of aromatic nitrogens is 1. The first-order chi connectivity index (χ1) is 19.2. The van der Waals surface area contributed by atoms with Gasteiger partial charge < -0.3 is 14.9 Å². The molecule has 212 valence electrons. The van der Waals surface area contributed by atoms with Gasteiger partial charge in [0.15, 0.2) is 5.72 Å². The molecule has 0 saturated carbocycles. The summed E-state index contributed by atoms with van der Waals surface area (Å²) in [6.07, 6.45) is 1.56. The Kier molecular flexibility index (Phi) is 8.50. The Morgan fingerprint density at radius 1 is 1.00 bits per heavy atom. The standard InChI is InChI=1S/C30H34Cl2N4O4/c1-29(39,20-35-13-11-34(12-14-35)15-16-37)22-5-10-27-26(17-22)28(38)36(19-25-9-8-24(32)18-33-25)30(27,40-2)21-3-6-23(31)7-4-21/h3-10,17-18,37,39H,11-16,19-20H2,1-2H3/t29?,30-/m1/s1. The monoisotopic (exact) mass is 584 g/mol. The van der Waals surface area contributed by atoms with Gasteiger partial charge in [-0.1, -0.05) is 47.5 Å². The van der Waals surface area contributed by atoms with Crippen molar-refractivity contribution in [2.45, 2.75) is 24.8 Å². The van der Waals surface area contributed by atoms with E-state index in [0.29, 0.717) is 45.5 Å². The molecule has 3 heterocycles. The number of pyridine rings is 1. The van der Waals surface area contributed by atoms with Crippen molar-refractivity contribution in [2.75, 3.05) is 53.0 Å². The number of hydrogen-bond acceptors (Lipinski definition) is 7. The molecule has 2 aliphatic heterocycles. The van der Waals surface area contributed by atoms with Gasteiger partial charge in [0.05, 0.1) is 29.5 Å². The molecular formula is C30H34Cl2N4O4. The fraction of sp³-hybridized carbons (Fsp3) is 0.400. The molecule has 2 N–H and O–H groups in total. The number of carbonyl (C=O) groups is 1. The summed E-state index contributed by atoms with van der Waals surface area (Å²) in [5, 5.41) is 21.9. The van der Waals surface area contributed by atoms with Crippen molar-refractivity contribution in [3.05, 3.63) is 98.8 Å². The van der Waals surface area contributed by atoms with Crippen LogP contribution in [0.25, 0.3) is 0 Å². The Balaban J connectivity index is 1.50. The number of piperazine rings is 1. The lowest BCUT2D eigenvalue weighted by atomic mass is 9.88. The van der Waals surface area contributed by atoms with E-state index >= 15 is 0 Å². The average Bonchev–Trinajstić information content (AvgIpc) is 3.19. The van der Waals surface area contributed by atoms with Crippen molar-refractivity contribution >= 4 is 29.1 Å². The molecule has 0 spiro atoms. The van der Waals surface area contributed by atoms with Crippen LogP contribution in [-0.2, 0) is 22.6 Å². The SMILES string of the molecule is CO[C@]1(c2ccc(Cl)cc2)c2ccc(C(C)(O)CN3CCN(CCO)CC3)cc2C(=O)N1Cc1ccc(Cl)cn1. The van der Waals surface area contributed by atoms with Crippen LogP contribution in [0.5, 0.6) is 0 Å². The highest BCUT2D eigenvalue weighted by molar-refractivity contribution is 6.30. The van der Waals surface area contributed by atoms with Crippen LogP contribution in [0.1, 0.15) is 39.7 Å². The Hall–Kier alpha value is -2.56. The third-order valence-electron chi connectivity index (χ3n) is 7.91. The maximum Gasteiger partial charge on any atom is 0.257 e. The predicted octanol–water partition coefficient (Wildman–Crippen LogP) is 3.71. The highest BCUT2D eigenvalue weighted by Crippen LogP contribution is 2.46. The van der Waals surface area contributed by atoms with E-state index in [0.717, 1.165) is 31.7 Å². The van der Waals surface area contributed by atoms with E-state index in [-0.39, 0.29) is 19.1 Å². The topological polar surface area (TPSA) is 89.4 Å². The molecule has 10 heteroatoms. The molecule has 1 saturated heterocycles. The number of carbonyl (C=O) groups excluding carboxylic acids is 1. The average molecular weight is 586 g/mol. The number of nitrogens with zero attached hydrogens (tertiary/aromatic N) is 4. The van der Waals surface area contributed by atoms with Crippen LogP contribution in [0.15, 0.2) is 60.8 Å². The molecule has 2 aliphatic rings. The first-order valence-electron chi connectivity index (χ1n) is 13.3. The number of methoxy groups -OCH3 is 1. The van der Waals surface area contributed by atoms with Gasteiger partial charge in [0, 0.05) is 74.3 Å². The summed E-state index contributed by atoms with van der Waals surface area (Å²) in [4.78, 5) is 24.6. The minimum absolute atomic E-state index is 0.144. The lowest BCUT2D eigenvalue weighted by Crippen LogP contribution is -2.50. The third kappa shape index (κ3) is 5.50. The lowest BCUT2D eigenvalue weighted by Gasteiger charge is -2.39. The van der Waals surface area contributed by atoms with Crippen LogP contribution in [0.4, 0.5) is 0 Å². The van der Waals surface area contributed by atoms with Gasteiger partial charge in [-0.25, -0.2) is 0 Å². The zero-order valence-corrected chi connectivity index (χ0v) is 24.2. The van der Waals surface area contributed by atoms with Crippen molar-refractivity contribution < 1.29 is 19.7 Å². The fourth-order valence-electron chi connectivity index (χ4n) is 5.79. The Morgan fingerprint density at radius 2 is 1.68 bits per heavy atom. The molecule has 0 aliphatic carbocycles. The smallest absolute Gasteiger partial charge is 0.257 e. The number of fused-ring (bicyclic) bond motifs is 1. The molecule has 0 bridgehead atoms. The van der Waals surface area contributed by atoms with Crippen molar-refractivity contribution in [3.63, 3.8) is 0 Å². The van der Waals surface area contributed by atoms with Crippen LogP contribution in [0.3, 0.4) is 0 Å². The number of β-amino-alcohol motifs (C(OH)–C–C–N with tert-alkyl or cyclic N) is 2. The van der Waals surface area contributed by atoms with Gasteiger partial charge in [-0.15, -0.1) is 0 Å². The van der Waals surface area contributed by atoms with Crippen LogP contribution >= 0.6 is 23.2 Å². The number of hydrogen-bond donors (Lipinski definition) is 2. The normalized spacial score (nSPS) is 21.4. The molecule has 1 aromatic heterocycles. The van der Waals surface area contributed by atoms with Gasteiger partial charge in [0.1, 0.15) is 0 Å². The number of amides is 1. The molecule has 1 fully saturated rings. The molecule has 3 aromatic rings. The Labute approximate surface area is 244 Å². The summed E-state index contributed by atoms with van der Waals surface area (Å²) in [7, 11) is 1.58. The second kappa shape index (κ2) is 11.7. The first-order valence-corrected chi connectivity index (χ1v) is 14.1. The largest absolute Gasteiger partial charge is 0.395 e. The van der Waals surface area contributed by atoms with Gasteiger partial charge in [-0.3, -0.25) is 24.5 Å². The third-order valence-corrected chi connectivity index (χ3v) is 8.39. The minimum atomic E-state index is -1.22. The van der Waals surface area contributed by atoms with Crippen LogP contribution in [-0.4, -0.2) is 88.8 Å². The van der Waals surface area contributed by atoms with Crippen molar-refractivity contribution in [1.82, 2.24) is 19.7 Å². The van der Waals surface area contributed by atoms with Gasteiger partial charge in [-0.05, 0) is 42.8 Å². The van der Waals surface area contributed by atoms with E-state index in [1.54, 1.807) is 55.5 Å². The maximum absolute atomic E-state index is 14.1. The molecule has 1 amide bonds. The summed E-state index contributed by atoms with van der Waals surface area (Å²) in [6.45, 7) is 6.47. The summed E-state index contributed by atoms with van der Waals surface area (Å²) < 4.78 is 6.22. The fourth-order valence-corrected chi connectivity index (χ4v) is 6.03. The van der Waals surface area contributed by atoms with Gasteiger partial charge in [0.2, 0.25) is 0 Å². The molecule has 40 heavy (non-hydrogen) atoms. The number of rotatable bonds is 9. The van der Waals surface area contributed by atoms with E-state index < -0.39 is 11.3 Å². The van der Waals surface area contributed by atoms with E-state index in [9.17, 15) is 15.0 Å².